The minimum atomic E-state index is -0.0204. The van der Waals surface area contributed by atoms with Crippen molar-refractivity contribution < 1.29 is 0 Å². The average molecular weight is 384 g/mol. The lowest BCUT2D eigenvalue weighted by Gasteiger charge is -2.22. The summed E-state index contributed by atoms with van der Waals surface area (Å²) in [5.41, 5.74) is 8.51. The molecule has 0 saturated heterocycles. The first kappa shape index (κ1) is 17.3. The summed E-state index contributed by atoms with van der Waals surface area (Å²) in [7, 11) is 0. The molecular weight excluding hydrogens is 365 g/mol. The minimum absolute atomic E-state index is 0.0204. The molecule has 3 aromatic rings. The zero-order valence-electron chi connectivity index (χ0n) is 14.5. The van der Waals surface area contributed by atoms with Crippen LogP contribution in [0.25, 0.3) is 22.0 Å². The molecule has 1 heterocycles. The molecule has 1 fully saturated rings. The number of nitrogens with zero attached hydrogens (tertiary/aromatic N) is 2. The molecule has 0 spiro atoms. The second-order valence-electron chi connectivity index (χ2n) is 6.74. The van der Waals surface area contributed by atoms with Crippen LogP contribution in [0.4, 0.5) is 0 Å². The largest absolute Gasteiger partial charge is 0.303 e. The maximum absolute atomic E-state index is 6.32. The van der Waals surface area contributed by atoms with E-state index in [0.717, 1.165) is 33.3 Å². The van der Waals surface area contributed by atoms with Gasteiger partial charge in [-0.15, -0.1) is 0 Å². The first-order valence-corrected chi connectivity index (χ1v) is 9.44. The van der Waals surface area contributed by atoms with E-state index in [1.807, 2.05) is 36.4 Å². The van der Waals surface area contributed by atoms with Gasteiger partial charge in [-0.2, -0.15) is 5.10 Å². The van der Waals surface area contributed by atoms with Gasteiger partial charge in [0.2, 0.25) is 0 Å². The van der Waals surface area contributed by atoms with Crippen molar-refractivity contribution in [2.24, 2.45) is 5.10 Å². The molecule has 1 atom stereocenters. The molecule has 0 amide bonds. The summed E-state index contributed by atoms with van der Waals surface area (Å²) >= 11 is 12.6. The standard InChI is InChI=1S/C21H19Cl2N3/c1-12(26-24-2)19-20(14-4-3-5-15(22)10-14)17-11-16(23)8-9-18(17)25-21(19)13-6-7-13/h3-5,8-13,26H,2,6-7H2,1H3. The number of hydrogen-bond donors (Lipinski definition) is 1. The van der Waals surface area contributed by atoms with Crippen molar-refractivity contribution in [3.05, 3.63) is 63.8 Å². The third kappa shape index (κ3) is 3.17. The van der Waals surface area contributed by atoms with Crippen molar-refractivity contribution in [1.82, 2.24) is 10.4 Å². The van der Waals surface area contributed by atoms with Gasteiger partial charge in [0.25, 0.3) is 0 Å². The van der Waals surface area contributed by atoms with Crippen LogP contribution in [0.2, 0.25) is 10.0 Å². The predicted octanol–water partition coefficient (Wildman–Crippen LogP) is 6.35. The van der Waals surface area contributed by atoms with Crippen molar-refractivity contribution in [3.8, 4) is 11.1 Å². The summed E-state index contributed by atoms with van der Waals surface area (Å²) in [6.07, 6.45) is 2.34. The Morgan fingerprint density at radius 3 is 2.62 bits per heavy atom. The zero-order valence-corrected chi connectivity index (χ0v) is 16.0. The van der Waals surface area contributed by atoms with Crippen LogP contribution in [-0.4, -0.2) is 11.7 Å². The monoisotopic (exact) mass is 383 g/mol. The Morgan fingerprint density at radius 1 is 1.15 bits per heavy atom. The number of fused-ring (bicyclic) bond motifs is 1. The number of pyridine rings is 1. The zero-order chi connectivity index (χ0) is 18.3. The molecule has 5 heteroatoms. The molecule has 1 aliphatic rings. The molecule has 0 aliphatic heterocycles. The van der Waals surface area contributed by atoms with Gasteiger partial charge in [-0.3, -0.25) is 4.98 Å². The van der Waals surface area contributed by atoms with Crippen LogP contribution >= 0.6 is 23.2 Å². The van der Waals surface area contributed by atoms with Crippen LogP contribution in [0.15, 0.2) is 47.6 Å². The molecule has 0 radical (unpaired) electrons. The van der Waals surface area contributed by atoms with Crippen LogP contribution in [0, 0.1) is 0 Å². The van der Waals surface area contributed by atoms with E-state index in [0.29, 0.717) is 16.0 Å². The number of aromatic nitrogens is 1. The fourth-order valence-electron chi connectivity index (χ4n) is 3.53. The number of rotatable bonds is 5. The molecule has 1 saturated carbocycles. The van der Waals surface area contributed by atoms with Crippen LogP contribution in [0.1, 0.15) is 43.0 Å². The van der Waals surface area contributed by atoms with E-state index in [4.69, 9.17) is 28.2 Å². The number of hydrogen-bond acceptors (Lipinski definition) is 3. The molecule has 1 N–H and O–H groups in total. The Labute approximate surface area is 163 Å². The third-order valence-corrected chi connectivity index (χ3v) is 5.28. The van der Waals surface area contributed by atoms with Crippen molar-refractivity contribution >= 4 is 40.8 Å². The smallest absolute Gasteiger partial charge is 0.0712 e. The molecule has 3 nitrogen and oxygen atoms in total. The summed E-state index contributed by atoms with van der Waals surface area (Å²) in [5.74, 6) is 0.497. The van der Waals surface area contributed by atoms with Crippen LogP contribution in [0.5, 0.6) is 0 Å². The topological polar surface area (TPSA) is 37.3 Å². The lowest BCUT2D eigenvalue weighted by molar-refractivity contribution is 0.602. The lowest BCUT2D eigenvalue weighted by Crippen LogP contribution is -2.16. The number of nitrogens with one attached hydrogen (secondary N) is 1. The maximum Gasteiger partial charge on any atom is 0.0712 e. The van der Waals surface area contributed by atoms with E-state index in [1.54, 1.807) is 0 Å². The van der Waals surface area contributed by atoms with Crippen molar-refractivity contribution in [2.75, 3.05) is 0 Å². The van der Waals surface area contributed by atoms with Crippen molar-refractivity contribution in [2.45, 2.75) is 31.7 Å². The van der Waals surface area contributed by atoms with Gasteiger partial charge in [0.05, 0.1) is 17.3 Å². The van der Waals surface area contributed by atoms with E-state index in [1.165, 1.54) is 12.8 Å². The van der Waals surface area contributed by atoms with Gasteiger partial charge in [0.15, 0.2) is 0 Å². The van der Waals surface area contributed by atoms with E-state index in [9.17, 15) is 0 Å². The van der Waals surface area contributed by atoms with Crippen LogP contribution in [0.3, 0.4) is 0 Å². The quantitative estimate of drug-likeness (QED) is 0.411. The highest BCUT2D eigenvalue weighted by atomic mass is 35.5. The first-order chi connectivity index (χ1) is 12.6. The molecule has 1 unspecified atom stereocenters. The SMILES string of the molecule is C=NNC(C)c1c(C2CC2)nc2ccc(Cl)cc2c1-c1cccc(Cl)c1. The van der Waals surface area contributed by atoms with Gasteiger partial charge >= 0.3 is 0 Å². The molecule has 4 rings (SSSR count). The second-order valence-corrected chi connectivity index (χ2v) is 7.61. The normalized spacial score (nSPS) is 15.0. The van der Waals surface area contributed by atoms with Gasteiger partial charge in [0.1, 0.15) is 0 Å². The Hall–Kier alpha value is -2.10. The molecule has 26 heavy (non-hydrogen) atoms. The van der Waals surface area contributed by atoms with Crippen molar-refractivity contribution in [1.29, 1.82) is 0 Å². The molecular formula is C21H19Cl2N3. The number of halogens is 2. The average Bonchev–Trinajstić information content (AvgIpc) is 3.45. The Balaban J connectivity index is 2.10. The summed E-state index contributed by atoms with van der Waals surface area (Å²) in [6, 6.07) is 13.8. The molecule has 132 valence electrons. The highest BCUT2D eigenvalue weighted by Gasteiger charge is 2.32. The van der Waals surface area contributed by atoms with Crippen LogP contribution in [-0.2, 0) is 0 Å². The Kier molecular flexibility index (Phi) is 4.60. The molecule has 2 aromatic carbocycles. The van der Waals surface area contributed by atoms with Crippen molar-refractivity contribution in [3.63, 3.8) is 0 Å². The number of benzene rings is 2. The summed E-state index contributed by atoms with van der Waals surface area (Å²) in [5, 5.41) is 6.32. The fraction of sp³-hybridized carbons (Fsp3) is 0.238. The predicted molar refractivity (Wildman–Crippen MR) is 110 cm³/mol. The van der Waals surface area contributed by atoms with Gasteiger partial charge in [0, 0.05) is 33.6 Å². The van der Waals surface area contributed by atoms with Gasteiger partial charge < -0.3 is 5.43 Å². The van der Waals surface area contributed by atoms with Gasteiger partial charge in [-0.1, -0.05) is 35.3 Å². The minimum Gasteiger partial charge on any atom is -0.303 e. The van der Waals surface area contributed by atoms with E-state index in [-0.39, 0.29) is 6.04 Å². The van der Waals surface area contributed by atoms with E-state index < -0.39 is 0 Å². The lowest BCUT2D eigenvalue weighted by atomic mass is 9.89. The second kappa shape index (κ2) is 6.90. The molecule has 1 aliphatic carbocycles. The van der Waals surface area contributed by atoms with Gasteiger partial charge in [-0.25, -0.2) is 0 Å². The third-order valence-electron chi connectivity index (χ3n) is 4.81. The summed E-state index contributed by atoms with van der Waals surface area (Å²) in [4.78, 5) is 5.00. The highest BCUT2D eigenvalue weighted by molar-refractivity contribution is 6.32. The van der Waals surface area contributed by atoms with E-state index >= 15 is 0 Å². The summed E-state index contributed by atoms with van der Waals surface area (Å²) < 4.78 is 0. The van der Waals surface area contributed by atoms with Gasteiger partial charge in [-0.05, 0) is 61.2 Å². The fourth-order valence-corrected chi connectivity index (χ4v) is 3.89. The molecule has 0 bridgehead atoms. The number of hydrazone groups is 1. The Bertz CT molecular complexity index is 996. The van der Waals surface area contributed by atoms with E-state index in [2.05, 4.69) is 30.2 Å². The molecule has 1 aromatic heterocycles. The first-order valence-electron chi connectivity index (χ1n) is 8.68. The summed E-state index contributed by atoms with van der Waals surface area (Å²) in [6.45, 7) is 5.67. The van der Waals surface area contributed by atoms with Crippen LogP contribution < -0.4 is 5.43 Å². The maximum atomic E-state index is 6.32. The highest BCUT2D eigenvalue weighted by Crippen LogP contribution is 2.47. The Morgan fingerprint density at radius 2 is 1.92 bits per heavy atom.